The number of primary amides is 1. The van der Waals surface area contributed by atoms with Gasteiger partial charge in [0.2, 0.25) is 11.7 Å². The SMILES string of the molecule is COc1cc(C(=O)NCC(=O)NC2CCCCC2)cc(OC)c1OCC(N)=O. The van der Waals surface area contributed by atoms with Crippen LogP contribution < -0.4 is 30.6 Å². The number of benzene rings is 1. The van der Waals surface area contributed by atoms with Crippen LogP contribution in [0, 0.1) is 0 Å². The number of ether oxygens (including phenoxy) is 3. The van der Waals surface area contributed by atoms with Gasteiger partial charge >= 0.3 is 0 Å². The number of rotatable bonds is 9. The molecular formula is C19H27N3O6. The third-order valence-corrected chi connectivity index (χ3v) is 4.46. The van der Waals surface area contributed by atoms with Crippen LogP contribution in [0.25, 0.3) is 0 Å². The van der Waals surface area contributed by atoms with Gasteiger partial charge in [0.15, 0.2) is 18.1 Å². The van der Waals surface area contributed by atoms with Gasteiger partial charge in [-0.3, -0.25) is 14.4 Å². The van der Waals surface area contributed by atoms with Crippen molar-refractivity contribution in [3.05, 3.63) is 17.7 Å². The van der Waals surface area contributed by atoms with Crippen LogP contribution in [-0.4, -0.2) is 51.1 Å². The number of hydrogen-bond donors (Lipinski definition) is 3. The summed E-state index contributed by atoms with van der Waals surface area (Å²) in [6.07, 6.45) is 5.37. The predicted octanol–water partition coefficient (Wildman–Crippen LogP) is 0.747. The van der Waals surface area contributed by atoms with Gasteiger partial charge < -0.3 is 30.6 Å². The van der Waals surface area contributed by atoms with Crippen molar-refractivity contribution in [3.63, 3.8) is 0 Å². The van der Waals surface area contributed by atoms with Crippen molar-refractivity contribution in [2.45, 2.75) is 38.1 Å². The van der Waals surface area contributed by atoms with Gasteiger partial charge in [-0.1, -0.05) is 19.3 Å². The van der Waals surface area contributed by atoms with Gasteiger partial charge in [0, 0.05) is 11.6 Å². The maximum Gasteiger partial charge on any atom is 0.255 e. The third kappa shape index (κ3) is 6.04. The Morgan fingerprint density at radius 2 is 1.68 bits per heavy atom. The van der Waals surface area contributed by atoms with Crippen molar-refractivity contribution in [3.8, 4) is 17.2 Å². The van der Waals surface area contributed by atoms with E-state index in [1.807, 2.05) is 0 Å². The maximum absolute atomic E-state index is 12.4. The van der Waals surface area contributed by atoms with Crippen LogP contribution in [0.5, 0.6) is 17.2 Å². The summed E-state index contributed by atoms with van der Waals surface area (Å²) >= 11 is 0. The highest BCUT2D eigenvalue weighted by Gasteiger charge is 2.20. The van der Waals surface area contributed by atoms with E-state index >= 15 is 0 Å². The molecule has 3 amide bonds. The van der Waals surface area contributed by atoms with Crippen LogP contribution in [-0.2, 0) is 9.59 Å². The van der Waals surface area contributed by atoms with E-state index in [2.05, 4.69) is 10.6 Å². The van der Waals surface area contributed by atoms with Crippen molar-refractivity contribution in [1.29, 1.82) is 0 Å². The zero-order chi connectivity index (χ0) is 20.5. The number of amides is 3. The molecule has 2 rings (SSSR count). The molecule has 28 heavy (non-hydrogen) atoms. The van der Waals surface area contributed by atoms with Crippen molar-refractivity contribution in [2.24, 2.45) is 5.73 Å². The second-order valence-electron chi connectivity index (χ2n) is 6.55. The molecule has 0 radical (unpaired) electrons. The summed E-state index contributed by atoms with van der Waals surface area (Å²) in [5.74, 6) is -0.766. The lowest BCUT2D eigenvalue weighted by atomic mass is 9.95. The Labute approximate surface area is 163 Å². The van der Waals surface area contributed by atoms with Crippen LogP contribution in [0.4, 0.5) is 0 Å². The smallest absolute Gasteiger partial charge is 0.255 e. The molecule has 0 saturated heterocycles. The summed E-state index contributed by atoms with van der Waals surface area (Å²) < 4.78 is 15.7. The normalized spacial score (nSPS) is 14.1. The minimum absolute atomic E-state index is 0.125. The van der Waals surface area contributed by atoms with E-state index < -0.39 is 11.8 Å². The number of carbonyl (C=O) groups excluding carboxylic acids is 3. The summed E-state index contributed by atoms with van der Waals surface area (Å²) in [7, 11) is 2.79. The second-order valence-corrected chi connectivity index (χ2v) is 6.55. The van der Waals surface area contributed by atoms with Crippen molar-refractivity contribution in [1.82, 2.24) is 10.6 Å². The van der Waals surface area contributed by atoms with E-state index in [-0.39, 0.29) is 47.9 Å². The average molecular weight is 393 g/mol. The summed E-state index contributed by atoms with van der Waals surface area (Å²) in [5.41, 5.74) is 5.32. The molecule has 0 aromatic heterocycles. The van der Waals surface area contributed by atoms with Gasteiger partial charge in [-0.2, -0.15) is 0 Å². The molecule has 9 nitrogen and oxygen atoms in total. The minimum Gasteiger partial charge on any atom is -0.493 e. The maximum atomic E-state index is 12.4. The van der Waals surface area contributed by atoms with Gasteiger partial charge in [-0.15, -0.1) is 0 Å². The summed E-state index contributed by atoms with van der Waals surface area (Å²) in [4.78, 5) is 35.4. The van der Waals surface area contributed by atoms with Gasteiger partial charge in [0.25, 0.3) is 11.8 Å². The monoisotopic (exact) mass is 393 g/mol. The lowest BCUT2D eigenvalue weighted by Gasteiger charge is -2.22. The quantitative estimate of drug-likeness (QED) is 0.568. The van der Waals surface area contributed by atoms with Crippen LogP contribution in [0.3, 0.4) is 0 Å². The summed E-state index contributed by atoms with van der Waals surface area (Å²) in [5, 5.41) is 5.52. The Balaban J connectivity index is 2.01. The molecule has 1 aromatic carbocycles. The van der Waals surface area contributed by atoms with Crippen LogP contribution in [0.2, 0.25) is 0 Å². The first-order valence-corrected chi connectivity index (χ1v) is 9.19. The van der Waals surface area contributed by atoms with Crippen LogP contribution >= 0.6 is 0 Å². The number of nitrogens with one attached hydrogen (secondary N) is 2. The molecule has 0 heterocycles. The zero-order valence-electron chi connectivity index (χ0n) is 16.2. The molecule has 0 aliphatic heterocycles. The molecule has 9 heteroatoms. The highest BCUT2D eigenvalue weighted by molar-refractivity contribution is 5.97. The topological polar surface area (TPSA) is 129 Å². The van der Waals surface area contributed by atoms with E-state index in [0.717, 1.165) is 25.7 Å². The molecule has 1 saturated carbocycles. The molecule has 154 valence electrons. The molecule has 1 aromatic rings. The third-order valence-electron chi connectivity index (χ3n) is 4.46. The average Bonchev–Trinajstić information content (AvgIpc) is 2.70. The zero-order valence-corrected chi connectivity index (χ0v) is 16.2. The fourth-order valence-corrected chi connectivity index (χ4v) is 3.08. The number of nitrogens with two attached hydrogens (primary N) is 1. The Morgan fingerprint density at radius 3 is 2.21 bits per heavy atom. The lowest BCUT2D eigenvalue weighted by Crippen LogP contribution is -2.42. The van der Waals surface area contributed by atoms with Crippen molar-refractivity contribution in [2.75, 3.05) is 27.4 Å². The molecule has 1 aliphatic rings. The minimum atomic E-state index is -0.657. The molecule has 0 bridgehead atoms. The Bertz CT molecular complexity index is 691. The number of carbonyl (C=O) groups is 3. The molecule has 1 fully saturated rings. The van der Waals surface area contributed by atoms with E-state index in [9.17, 15) is 14.4 Å². The van der Waals surface area contributed by atoms with E-state index in [0.29, 0.717) is 0 Å². The van der Waals surface area contributed by atoms with Crippen LogP contribution in [0.1, 0.15) is 42.5 Å². The Hall–Kier alpha value is -2.97. The summed E-state index contributed by atoms with van der Waals surface area (Å²) in [6, 6.07) is 3.06. The molecule has 1 aliphatic carbocycles. The van der Waals surface area contributed by atoms with E-state index in [4.69, 9.17) is 19.9 Å². The second kappa shape index (κ2) is 10.4. The fraction of sp³-hybridized carbons (Fsp3) is 0.526. The molecule has 0 spiro atoms. The first-order valence-electron chi connectivity index (χ1n) is 9.19. The van der Waals surface area contributed by atoms with Gasteiger partial charge in [0.1, 0.15) is 0 Å². The first kappa shape index (κ1) is 21.3. The van der Waals surface area contributed by atoms with Gasteiger partial charge in [0.05, 0.1) is 20.8 Å². The molecule has 4 N–H and O–H groups in total. The van der Waals surface area contributed by atoms with E-state index in [1.165, 1.54) is 32.8 Å². The standard InChI is InChI=1S/C19H27N3O6/c1-26-14-8-12(9-15(27-2)18(14)28-11-16(20)23)19(25)21-10-17(24)22-13-6-4-3-5-7-13/h8-9,13H,3-7,10-11H2,1-2H3,(H2,20,23)(H,21,25)(H,22,24). The van der Waals surface area contributed by atoms with Crippen molar-refractivity contribution >= 4 is 17.7 Å². The Morgan fingerprint density at radius 1 is 1.07 bits per heavy atom. The first-order chi connectivity index (χ1) is 13.4. The largest absolute Gasteiger partial charge is 0.493 e. The lowest BCUT2D eigenvalue weighted by molar-refractivity contribution is -0.121. The van der Waals surface area contributed by atoms with Crippen LogP contribution in [0.15, 0.2) is 12.1 Å². The highest BCUT2D eigenvalue weighted by atomic mass is 16.5. The van der Waals surface area contributed by atoms with Gasteiger partial charge in [-0.25, -0.2) is 0 Å². The Kier molecular flexibility index (Phi) is 7.91. The number of hydrogen-bond acceptors (Lipinski definition) is 6. The molecular weight excluding hydrogens is 366 g/mol. The summed E-state index contributed by atoms with van der Waals surface area (Å²) in [6.45, 7) is -0.487. The molecule has 0 atom stereocenters. The fourth-order valence-electron chi connectivity index (χ4n) is 3.08. The van der Waals surface area contributed by atoms with E-state index in [1.54, 1.807) is 0 Å². The molecule has 0 unspecified atom stereocenters. The van der Waals surface area contributed by atoms with Crippen molar-refractivity contribution < 1.29 is 28.6 Å². The van der Waals surface area contributed by atoms with Gasteiger partial charge in [-0.05, 0) is 25.0 Å². The highest BCUT2D eigenvalue weighted by Crippen LogP contribution is 2.38. The number of methoxy groups -OCH3 is 2. The predicted molar refractivity (Wildman–Crippen MR) is 102 cm³/mol.